The van der Waals surface area contributed by atoms with E-state index >= 15 is 0 Å². The van der Waals surface area contributed by atoms with Crippen molar-refractivity contribution in [3.63, 3.8) is 0 Å². The van der Waals surface area contributed by atoms with Gasteiger partial charge < -0.3 is 20.7 Å². The minimum Gasteiger partial charge on any atom is -0.380 e. The number of halogens is 1. The van der Waals surface area contributed by atoms with Gasteiger partial charge in [0.1, 0.15) is 0 Å². The van der Waals surface area contributed by atoms with Crippen LogP contribution >= 0.6 is 12.4 Å². The van der Waals surface area contributed by atoms with Crippen molar-refractivity contribution in [1.82, 2.24) is 10.2 Å². The lowest BCUT2D eigenvalue weighted by molar-refractivity contribution is -0.126. The zero-order valence-electron chi connectivity index (χ0n) is 14.0. The van der Waals surface area contributed by atoms with Gasteiger partial charge in [0.15, 0.2) is 0 Å². The fraction of sp³-hybridized carbons (Fsp3) is 0.529. The second kappa shape index (κ2) is 10.3. The van der Waals surface area contributed by atoms with Gasteiger partial charge in [-0.3, -0.25) is 9.59 Å². The molecule has 1 fully saturated rings. The summed E-state index contributed by atoms with van der Waals surface area (Å²) in [5.41, 5.74) is 7.01. The number of likely N-dealkylation sites (tertiary alicyclic amines) is 1. The van der Waals surface area contributed by atoms with Crippen molar-refractivity contribution in [2.75, 3.05) is 33.3 Å². The molecule has 0 saturated carbocycles. The average molecular weight is 356 g/mol. The third kappa shape index (κ3) is 5.47. The maximum atomic E-state index is 12.7. The van der Waals surface area contributed by atoms with Crippen LogP contribution in [0.1, 0.15) is 28.8 Å². The highest BCUT2D eigenvalue weighted by molar-refractivity contribution is 5.95. The maximum absolute atomic E-state index is 12.7. The summed E-state index contributed by atoms with van der Waals surface area (Å²) in [5, 5.41) is 2.81. The van der Waals surface area contributed by atoms with Gasteiger partial charge in [-0.1, -0.05) is 12.1 Å². The van der Waals surface area contributed by atoms with Crippen LogP contribution in [-0.2, 0) is 16.1 Å². The predicted molar refractivity (Wildman–Crippen MR) is 95.1 cm³/mol. The summed E-state index contributed by atoms with van der Waals surface area (Å²) in [6.07, 6.45) is 1.65. The van der Waals surface area contributed by atoms with Crippen LogP contribution < -0.4 is 11.1 Å². The highest BCUT2D eigenvalue weighted by atomic mass is 35.5. The molecule has 1 aliphatic heterocycles. The Hall–Kier alpha value is -1.63. The molecule has 134 valence electrons. The Balaban J connectivity index is 0.00000288. The number of methoxy groups -OCH3 is 1. The molecule has 7 heteroatoms. The number of nitrogens with one attached hydrogen (secondary N) is 1. The van der Waals surface area contributed by atoms with E-state index in [-0.39, 0.29) is 30.1 Å². The zero-order valence-corrected chi connectivity index (χ0v) is 14.8. The Morgan fingerprint density at radius 1 is 1.42 bits per heavy atom. The largest absolute Gasteiger partial charge is 0.380 e. The Labute approximate surface area is 149 Å². The molecule has 1 heterocycles. The van der Waals surface area contributed by atoms with E-state index in [1.807, 2.05) is 18.2 Å². The Morgan fingerprint density at radius 2 is 2.21 bits per heavy atom. The van der Waals surface area contributed by atoms with Crippen molar-refractivity contribution in [2.24, 2.45) is 11.7 Å². The van der Waals surface area contributed by atoms with Crippen LogP contribution in [-0.4, -0.2) is 50.0 Å². The molecule has 6 nitrogen and oxygen atoms in total. The monoisotopic (exact) mass is 355 g/mol. The molecule has 0 bridgehead atoms. The fourth-order valence-electron chi connectivity index (χ4n) is 2.86. The number of ether oxygens (including phenoxy) is 1. The standard InChI is InChI=1S/C17H25N3O3.ClH/c1-23-12-13-4-2-5-14(10-13)17(22)20-9-3-6-15(11-20)16(21)19-8-7-18;/h2,4-5,10,15H,3,6-9,11-12,18H2,1H3,(H,19,21);1H. The van der Waals surface area contributed by atoms with Gasteiger partial charge in [0.25, 0.3) is 5.91 Å². The van der Waals surface area contributed by atoms with Crippen molar-refractivity contribution in [1.29, 1.82) is 0 Å². The first-order valence-electron chi connectivity index (χ1n) is 8.00. The van der Waals surface area contributed by atoms with Gasteiger partial charge in [0, 0.05) is 38.9 Å². The van der Waals surface area contributed by atoms with Gasteiger partial charge in [0.05, 0.1) is 12.5 Å². The number of nitrogens with two attached hydrogens (primary N) is 1. The molecular weight excluding hydrogens is 330 g/mol. The summed E-state index contributed by atoms with van der Waals surface area (Å²) in [6.45, 7) is 2.53. The summed E-state index contributed by atoms with van der Waals surface area (Å²) >= 11 is 0. The molecule has 0 aliphatic carbocycles. The quantitative estimate of drug-likeness (QED) is 0.802. The number of hydrogen-bond acceptors (Lipinski definition) is 4. The molecule has 1 aromatic carbocycles. The van der Waals surface area contributed by atoms with Crippen LogP contribution in [0.25, 0.3) is 0 Å². The van der Waals surface area contributed by atoms with Gasteiger partial charge in [-0.05, 0) is 30.5 Å². The van der Waals surface area contributed by atoms with Crippen molar-refractivity contribution < 1.29 is 14.3 Å². The lowest BCUT2D eigenvalue weighted by Crippen LogP contribution is -2.46. The Kier molecular flexibility index (Phi) is 8.74. The SMILES string of the molecule is COCc1cccc(C(=O)N2CCCC(C(=O)NCCN)C2)c1.Cl. The molecule has 3 N–H and O–H groups in total. The van der Waals surface area contributed by atoms with Crippen LogP contribution in [0.15, 0.2) is 24.3 Å². The van der Waals surface area contributed by atoms with E-state index in [0.29, 0.717) is 38.3 Å². The predicted octanol–water partition coefficient (Wildman–Crippen LogP) is 1.18. The number of hydrogen-bond donors (Lipinski definition) is 2. The average Bonchev–Trinajstić information content (AvgIpc) is 2.59. The van der Waals surface area contributed by atoms with E-state index in [0.717, 1.165) is 18.4 Å². The van der Waals surface area contributed by atoms with E-state index in [4.69, 9.17) is 10.5 Å². The Bertz CT molecular complexity index is 554. The number of nitrogens with zero attached hydrogens (tertiary/aromatic N) is 1. The third-order valence-electron chi connectivity index (χ3n) is 4.01. The van der Waals surface area contributed by atoms with Crippen LogP contribution in [0.5, 0.6) is 0 Å². The summed E-state index contributed by atoms with van der Waals surface area (Å²) in [7, 11) is 1.63. The molecule has 0 radical (unpaired) electrons. The van der Waals surface area contributed by atoms with Gasteiger partial charge in [-0.25, -0.2) is 0 Å². The normalized spacial score (nSPS) is 17.1. The number of amides is 2. The number of benzene rings is 1. The molecule has 1 unspecified atom stereocenters. The highest BCUT2D eigenvalue weighted by Gasteiger charge is 2.28. The van der Waals surface area contributed by atoms with Crippen LogP contribution in [0.4, 0.5) is 0 Å². The highest BCUT2D eigenvalue weighted by Crippen LogP contribution is 2.19. The van der Waals surface area contributed by atoms with E-state index in [1.54, 1.807) is 18.1 Å². The first-order valence-corrected chi connectivity index (χ1v) is 8.00. The lowest BCUT2D eigenvalue weighted by Gasteiger charge is -2.32. The fourth-order valence-corrected chi connectivity index (χ4v) is 2.86. The molecule has 1 atom stereocenters. The zero-order chi connectivity index (χ0) is 16.7. The van der Waals surface area contributed by atoms with E-state index in [1.165, 1.54) is 0 Å². The van der Waals surface area contributed by atoms with Crippen molar-refractivity contribution in [3.8, 4) is 0 Å². The molecule has 1 aliphatic rings. The number of carbonyl (C=O) groups excluding carboxylic acids is 2. The topological polar surface area (TPSA) is 84.7 Å². The summed E-state index contributed by atoms with van der Waals surface area (Å²) in [5.74, 6) is -0.193. The molecule has 2 rings (SSSR count). The first kappa shape index (κ1) is 20.4. The van der Waals surface area contributed by atoms with Crippen molar-refractivity contribution in [3.05, 3.63) is 35.4 Å². The van der Waals surface area contributed by atoms with Crippen LogP contribution in [0.2, 0.25) is 0 Å². The van der Waals surface area contributed by atoms with Crippen molar-refractivity contribution >= 4 is 24.2 Å². The number of rotatable bonds is 6. The molecule has 24 heavy (non-hydrogen) atoms. The molecular formula is C17H26ClN3O3. The minimum atomic E-state index is -0.151. The summed E-state index contributed by atoms with van der Waals surface area (Å²) in [4.78, 5) is 26.5. The minimum absolute atomic E-state index is 0. The molecule has 1 aromatic rings. The summed E-state index contributed by atoms with van der Waals surface area (Å²) < 4.78 is 5.11. The second-order valence-electron chi connectivity index (χ2n) is 5.80. The third-order valence-corrected chi connectivity index (χ3v) is 4.01. The first-order chi connectivity index (χ1) is 11.2. The number of carbonyl (C=O) groups is 2. The van der Waals surface area contributed by atoms with E-state index in [2.05, 4.69) is 5.32 Å². The Morgan fingerprint density at radius 3 is 2.92 bits per heavy atom. The van der Waals surface area contributed by atoms with E-state index in [9.17, 15) is 9.59 Å². The molecule has 1 saturated heterocycles. The lowest BCUT2D eigenvalue weighted by atomic mass is 9.96. The molecule has 0 aromatic heterocycles. The summed E-state index contributed by atoms with van der Waals surface area (Å²) in [6, 6.07) is 7.44. The van der Waals surface area contributed by atoms with Crippen LogP contribution in [0.3, 0.4) is 0 Å². The molecule has 0 spiro atoms. The second-order valence-corrected chi connectivity index (χ2v) is 5.80. The molecule has 2 amide bonds. The van der Waals surface area contributed by atoms with E-state index < -0.39 is 0 Å². The maximum Gasteiger partial charge on any atom is 0.253 e. The van der Waals surface area contributed by atoms with Crippen molar-refractivity contribution in [2.45, 2.75) is 19.4 Å². The van der Waals surface area contributed by atoms with Gasteiger partial charge >= 0.3 is 0 Å². The smallest absolute Gasteiger partial charge is 0.253 e. The van der Waals surface area contributed by atoms with Gasteiger partial charge in [0.2, 0.25) is 5.91 Å². The van der Waals surface area contributed by atoms with Gasteiger partial charge in [-0.2, -0.15) is 0 Å². The van der Waals surface area contributed by atoms with Crippen LogP contribution in [0, 0.1) is 5.92 Å². The van der Waals surface area contributed by atoms with Gasteiger partial charge in [-0.15, -0.1) is 12.4 Å². The number of piperidine rings is 1.